The summed E-state index contributed by atoms with van der Waals surface area (Å²) in [5, 5.41) is 19.9. The topological polar surface area (TPSA) is 92.0 Å². The van der Waals surface area contributed by atoms with Crippen molar-refractivity contribution in [3.63, 3.8) is 0 Å². The number of methoxy groups -OCH3 is 1. The van der Waals surface area contributed by atoms with Gasteiger partial charge in [0.25, 0.3) is 0 Å². The number of carbonyl (C=O) groups is 1. The third kappa shape index (κ3) is 6.76. The number of pyridine rings is 1. The fourth-order valence-corrected chi connectivity index (χ4v) is 2.62. The van der Waals surface area contributed by atoms with E-state index >= 15 is 0 Å². The van der Waals surface area contributed by atoms with Gasteiger partial charge in [-0.2, -0.15) is 0 Å². The molecule has 0 radical (unpaired) electrons. The number of hydrogen-bond donors (Lipinski definition) is 2. The van der Waals surface area contributed by atoms with Crippen LogP contribution in [0, 0.1) is 5.92 Å². The summed E-state index contributed by atoms with van der Waals surface area (Å²) in [5.41, 5.74) is 0.614. The molecular formula is C15H21ClN2O4. The fourth-order valence-electron chi connectivity index (χ4n) is 2.37. The summed E-state index contributed by atoms with van der Waals surface area (Å²) in [6.07, 6.45) is 9.15. The van der Waals surface area contributed by atoms with Crippen LogP contribution in [0.2, 0.25) is 5.02 Å². The Labute approximate surface area is 134 Å². The monoisotopic (exact) mass is 328 g/mol. The SMILES string of the molecule is COc1ncc(C=NO)cc1Cl.O=C(O)CC1CCCCC1. The number of ether oxygens (including phenoxy) is 1. The van der Waals surface area contributed by atoms with Crippen molar-refractivity contribution < 1.29 is 19.8 Å². The van der Waals surface area contributed by atoms with Crippen molar-refractivity contribution in [3.05, 3.63) is 22.8 Å². The van der Waals surface area contributed by atoms with Crippen LogP contribution in [0.25, 0.3) is 0 Å². The maximum absolute atomic E-state index is 10.3. The summed E-state index contributed by atoms with van der Waals surface area (Å²) in [6.45, 7) is 0. The number of carboxylic acids is 1. The number of rotatable bonds is 4. The zero-order valence-electron chi connectivity index (χ0n) is 12.5. The van der Waals surface area contributed by atoms with Crippen LogP contribution >= 0.6 is 11.6 Å². The molecule has 0 saturated heterocycles. The molecule has 1 aromatic rings. The highest BCUT2D eigenvalue weighted by Crippen LogP contribution is 2.25. The number of hydrogen-bond acceptors (Lipinski definition) is 5. The Hall–Kier alpha value is -1.82. The number of nitrogens with zero attached hydrogens (tertiary/aromatic N) is 2. The van der Waals surface area contributed by atoms with Gasteiger partial charge in [0, 0.05) is 18.2 Å². The Morgan fingerprint density at radius 2 is 2.18 bits per heavy atom. The predicted octanol–water partition coefficient (Wildman–Crippen LogP) is 3.59. The molecule has 1 aromatic heterocycles. The molecule has 1 saturated carbocycles. The van der Waals surface area contributed by atoms with E-state index in [9.17, 15) is 4.79 Å². The van der Waals surface area contributed by atoms with Gasteiger partial charge >= 0.3 is 5.97 Å². The third-order valence-electron chi connectivity index (χ3n) is 3.42. The summed E-state index contributed by atoms with van der Waals surface area (Å²) < 4.78 is 4.83. The van der Waals surface area contributed by atoms with Crippen molar-refractivity contribution in [2.75, 3.05) is 7.11 Å². The zero-order valence-corrected chi connectivity index (χ0v) is 13.3. The van der Waals surface area contributed by atoms with Gasteiger partial charge in [-0.25, -0.2) is 4.98 Å². The van der Waals surface area contributed by atoms with E-state index in [0.717, 1.165) is 12.8 Å². The number of halogens is 1. The molecule has 22 heavy (non-hydrogen) atoms. The molecule has 2 rings (SSSR count). The molecule has 0 atom stereocenters. The lowest BCUT2D eigenvalue weighted by Crippen LogP contribution is -2.10. The van der Waals surface area contributed by atoms with Crippen LogP contribution in [-0.4, -0.2) is 34.6 Å². The first kappa shape index (κ1) is 18.2. The highest BCUT2D eigenvalue weighted by atomic mass is 35.5. The lowest BCUT2D eigenvalue weighted by molar-refractivity contribution is -0.138. The van der Waals surface area contributed by atoms with Gasteiger partial charge in [-0.05, 0) is 24.8 Å². The molecule has 122 valence electrons. The van der Waals surface area contributed by atoms with E-state index in [1.807, 2.05) is 0 Å². The lowest BCUT2D eigenvalue weighted by atomic mass is 9.87. The first-order valence-corrected chi connectivity index (χ1v) is 7.53. The second-order valence-corrected chi connectivity index (χ2v) is 5.51. The van der Waals surface area contributed by atoms with E-state index in [-0.39, 0.29) is 0 Å². The van der Waals surface area contributed by atoms with Gasteiger partial charge in [0.1, 0.15) is 5.02 Å². The van der Waals surface area contributed by atoms with E-state index in [2.05, 4.69) is 10.1 Å². The molecule has 1 aliphatic rings. The highest BCUT2D eigenvalue weighted by Gasteiger charge is 2.15. The summed E-state index contributed by atoms with van der Waals surface area (Å²) in [5.74, 6) is 0.199. The van der Waals surface area contributed by atoms with Gasteiger partial charge in [0.15, 0.2) is 0 Å². The number of oxime groups is 1. The Bertz CT molecular complexity index is 502. The summed E-state index contributed by atoms with van der Waals surface area (Å²) in [6, 6.07) is 1.59. The van der Waals surface area contributed by atoms with E-state index in [1.54, 1.807) is 6.07 Å². The quantitative estimate of drug-likeness (QED) is 0.500. The van der Waals surface area contributed by atoms with Crippen molar-refractivity contribution >= 4 is 23.8 Å². The van der Waals surface area contributed by atoms with Crippen LogP contribution in [0.3, 0.4) is 0 Å². The van der Waals surface area contributed by atoms with Gasteiger partial charge in [-0.1, -0.05) is 36.0 Å². The Morgan fingerprint density at radius 3 is 2.68 bits per heavy atom. The molecular weight excluding hydrogens is 308 g/mol. The summed E-state index contributed by atoms with van der Waals surface area (Å²) in [4.78, 5) is 14.1. The molecule has 0 unspecified atom stereocenters. The summed E-state index contributed by atoms with van der Waals surface area (Å²) >= 11 is 5.73. The number of aliphatic carboxylic acids is 1. The number of aromatic nitrogens is 1. The van der Waals surface area contributed by atoms with Crippen molar-refractivity contribution in [2.45, 2.75) is 38.5 Å². The lowest BCUT2D eigenvalue weighted by Gasteiger charge is -2.18. The van der Waals surface area contributed by atoms with Crippen molar-refractivity contribution in [1.82, 2.24) is 4.98 Å². The normalized spacial score (nSPS) is 15.2. The smallest absolute Gasteiger partial charge is 0.303 e. The fraction of sp³-hybridized carbons (Fsp3) is 0.533. The molecule has 1 fully saturated rings. The van der Waals surface area contributed by atoms with Gasteiger partial charge in [-0.3, -0.25) is 4.79 Å². The van der Waals surface area contributed by atoms with E-state index in [0.29, 0.717) is 28.8 Å². The van der Waals surface area contributed by atoms with Crippen molar-refractivity contribution in [1.29, 1.82) is 0 Å². The second-order valence-electron chi connectivity index (χ2n) is 5.11. The molecule has 1 heterocycles. The number of carboxylic acid groups (broad SMARTS) is 1. The standard InChI is InChI=1S/C8H14O2.C7H7ClN2O2/c9-8(10)6-7-4-2-1-3-5-7;1-12-7-6(8)2-5(3-9-7)4-10-11/h7H,1-6H2,(H,9,10);2-4,11H,1H3. The first-order chi connectivity index (χ1) is 10.6. The van der Waals surface area contributed by atoms with E-state index < -0.39 is 5.97 Å². The maximum Gasteiger partial charge on any atom is 0.303 e. The van der Waals surface area contributed by atoms with E-state index in [4.69, 9.17) is 26.7 Å². The molecule has 0 amide bonds. The van der Waals surface area contributed by atoms with Crippen molar-refractivity contribution in [3.8, 4) is 5.88 Å². The average molecular weight is 329 g/mol. The minimum atomic E-state index is -0.632. The van der Waals surface area contributed by atoms with Crippen molar-refractivity contribution in [2.24, 2.45) is 11.1 Å². The Balaban J connectivity index is 0.000000224. The van der Waals surface area contributed by atoms with Crippen LogP contribution in [0.15, 0.2) is 17.4 Å². The van der Waals surface area contributed by atoms with Crippen LogP contribution in [0.5, 0.6) is 5.88 Å². The Kier molecular flexibility index (Phi) is 8.28. The van der Waals surface area contributed by atoms with Gasteiger partial charge in [0.05, 0.1) is 13.3 Å². The minimum Gasteiger partial charge on any atom is -0.481 e. The molecule has 7 heteroatoms. The summed E-state index contributed by atoms with van der Waals surface area (Å²) in [7, 11) is 1.48. The second kappa shape index (κ2) is 10.00. The highest BCUT2D eigenvalue weighted by molar-refractivity contribution is 6.32. The molecule has 6 nitrogen and oxygen atoms in total. The first-order valence-electron chi connectivity index (χ1n) is 7.15. The molecule has 0 aromatic carbocycles. The third-order valence-corrected chi connectivity index (χ3v) is 3.69. The largest absolute Gasteiger partial charge is 0.481 e. The van der Waals surface area contributed by atoms with Gasteiger partial charge in [-0.15, -0.1) is 0 Å². The van der Waals surface area contributed by atoms with Crippen LogP contribution in [0.4, 0.5) is 0 Å². The minimum absolute atomic E-state index is 0.353. The predicted molar refractivity (Wildman–Crippen MR) is 84.0 cm³/mol. The average Bonchev–Trinajstić information content (AvgIpc) is 2.49. The van der Waals surface area contributed by atoms with Gasteiger partial charge in [0.2, 0.25) is 5.88 Å². The van der Waals surface area contributed by atoms with E-state index in [1.165, 1.54) is 38.8 Å². The molecule has 0 bridgehead atoms. The molecule has 0 aliphatic heterocycles. The van der Waals surface area contributed by atoms with Gasteiger partial charge < -0.3 is 15.1 Å². The van der Waals surface area contributed by atoms with Crippen LogP contribution < -0.4 is 4.74 Å². The zero-order chi connectivity index (χ0) is 16.4. The molecule has 1 aliphatic carbocycles. The van der Waals surface area contributed by atoms with Crippen LogP contribution in [0.1, 0.15) is 44.1 Å². The van der Waals surface area contributed by atoms with Crippen LogP contribution in [-0.2, 0) is 4.79 Å². The maximum atomic E-state index is 10.3. The Morgan fingerprint density at radius 1 is 1.50 bits per heavy atom. The molecule has 2 N–H and O–H groups in total. The molecule has 0 spiro atoms.